The largest absolute Gasteiger partial charge is 0.321 e. The van der Waals surface area contributed by atoms with Gasteiger partial charge in [0.2, 0.25) is 0 Å². The summed E-state index contributed by atoms with van der Waals surface area (Å²) in [5.41, 5.74) is 0.401. The molecule has 2 aromatic carbocycles. The zero-order valence-corrected chi connectivity index (χ0v) is 14.2. The molecule has 0 spiro atoms. The number of carbonyl (C=O) groups excluding carboxylic acids is 1. The average molecular weight is 434 g/mol. The molecule has 5 nitrogen and oxygen atoms in total. The summed E-state index contributed by atoms with van der Waals surface area (Å²) in [6, 6.07) is 8.98. The number of carbonyl (C=O) groups is 1. The predicted molar refractivity (Wildman–Crippen MR) is 87.9 cm³/mol. The zero-order valence-electron chi connectivity index (χ0n) is 10.3. The molecular weight excluding hydrogens is 427 g/mol. The van der Waals surface area contributed by atoms with Crippen LogP contribution in [0.5, 0.6) is 0 Å². The van der Waals surface area contributed by atoms with Crippen LogP contribution in [0.25, 0.3) is 0 Å². The fraction of sp³-hybridized carbons (Fsp3) is 0. The van der Waals surface area contributed by atoms with Crippen molar-refractivity contribution in [3.63, 3.8) is 0 Å². The summed E-state index contributed by atoms with van der Waals surface area (Å²) >= 11 is 12.5. The van der Waals surface area contributed by atoms with Crippen LogP contribution in [0.3, 0.4) is 0 Å². The molecule has 0 aliphatic heterocycles. The molecule has 1 amide bonds. The Balaban J connectivity index is 2.34. The first-order chi connectivity index (χ1) is 9.88. The molecule has 21 heavy (non-hydrogen) atoms. The van der Waals surface area contributed by atoms with Crippen LogP contribution >= 0.6 is 43.5 Å². The van der Waals surface area contributed by atoms with Crippen molar-refractivity contribution in [2.24, 2.45) is 0 Å². The second-order valence-corrected chi connectivity index (χ2v) is 6.18. The summed E-state index contributed by atoms with van der Waals surface area (Å²) in [6.45, 7) is 0. The van der Waals surface area contributed by atoms with Gasteiger partial charge >= 0.3 is 0 Å². The number of nitro benzene ring substituents is 1. The molecule has 2 rings (SSSR count). The van der Waals surface area contributed by atoms with Gasteiger partial charge in [-0.3, -0.25) is 14.9 Å². The van der Waals surface area contributed by atoms with E-state index in [4.69, 9.17) is 11.6 Å². The van der Waals surface area contributed by atoms with Crippen LogP contribution in [0.15, 0.2) is 45.3 Å². The van der Waals surface area contributed by atoms with Gasteiger partial charge in [-0.15, -0.1) is 0 Å². The van der Waals surface area contributed by atoms with E-state index in [1.54, 1.807) is 18.2 Å². The molecule has 0 heterocycles. The Bertz CT molecular complexity index is 737. The number of nitro groups is 1. The van der Waals surface area contributed by atoms with Gasteiger partial charge in [-0.25, -0.2) is 0 Å². The molecule has 0 saturated carbocycles. The van der Waals surface area contributed by atoms with E-state index in [-0.39, 0.29) is 11.3 Å². The Labute approximate surface area is 141 Å². The van der Waals surface area contributed by atoms with Crippen molar-refractivity contribution in [3.05, 3.63) is 66.0 Å². The number of nitrogens with one attached hydrogen (secondary N) is 1. The van der Waals surface area contributed by atoms with Gasteiger partial charge in [-0.05, 0) is 40.2 Å². The number of rotatable bonds is 3. The van der Waals surface area contributed by atoms with Crippen LogP contribution in [-0.2, 0) is 0 Å². The summed E-state index contributed by atoms with van der Waals surface area (Å²) in [4.78, 5) is 22.5. The maximum atomic E-state index is 12.2. The molecule has 8 heteroatoms. The molecule has 0 atom stereocenters. The first-order valence-corrected chi connectivity index (χ1v) is 7.55. The van der Waals surface area contributed by atoms with Gasteiger partial charge in [0.05, 0.1) is 21.2 Å². The molecule has 0 unspecified atom stereocenters. The van der Waals surface area contributed by atoms with Gasteiger partial charge < -0.3 is 5.32 Å². The fourth-order valence-electron chi connectivity index (χ4n) is 1.58. The van der Waals surface area contributed by atoms with E-state index in [2.05, 4.69) is 37.2 Å². The quantitative estimate of drug-likeness (QED) is 0.544. The number of hydrogen-bond acceptors (Lipinski definition) is 3. The summed E-state index contributed by atoms with van der Waals surface area (Å²) in [7, 11) is 0. The van der Waals surface area contributed by atoms with Gasteiger partial charge in [0.15, 0.2) is 0 Å². The second-order valence-electron chi connectivity index (χ2n) is 4.00. The van der Waals surface area contributed by atoms with Crippen LogP contribution < -0.4 is 5.32 Å². The lowest BCUT2D eigenvalue weighted by atomic mass is 10.2. The summed E-state index contributed by atoms with van der Waals surface area (Å²) in [5, 5.41) is 13.8. The third kappa shape index (κ3) is 3.81. The highest BCUT2D eigenvalue weighted by Crippen LogP contribution is 2.28. The number of hydrogen-bond donors (Lipinski definition) is 1. The Kier molecular flexibility index (Phi) is 4.97. The smallest absolute Gasteiger partial charge is 0.270 e. The maximum Gasteiger partial charge on any atom is 0.270 e. The molecule has 0 fully saturated rings. The minimum absolute atomic E-state index is 0.153. The lowest BCUT2D eigenvalue weighted by Crippen LogP contribution is -2.13. The van der Waals surface area contributed by atoms with E-state index in [1.165, 1.54) is 18.2 Å². The highest BCUT2D eigenvalue weighted by molar-refractivity contribution is 9.10. The molecule has 2 aromatic rings. The third-order valence-electron chi connectivity index (χ3n) is 2.58. The van der Waals surface area contributed by atoms with E-state index in [0.717, 1.165) is 4.47 Å². The van der Waals surface area contributed by atoms with Crippen LogP contribution in [0.1, 0.15) is 10.4 Å². The standard InChI is InChI=1S/C13H7Br2ClN2O3/c14-7-1-4-11(16)12(5-7)17-13(19)9-6-8(18(20)21)2-3-10(9)15/h1-6H,(H,17,19). The van der Waals surface area contributed by atoms with Gasteiger partial charge in [0, 0.05) is 21.1 Å². The van der Waals surface area contributed by atoms with Crippen molar-refractivity contribution >= 4 is 60.7 Å². The molecule has 0 aliphatic carbocycles. The van der Waals surface area contributed by atoms with E-state index in [0.29, 0.717) is 15.2 Å². The van der Waals surface area contributed by atoms with Crippen molar-refractivity contribution in [3.8, 4) is 0 Å². The van der Waals surface area contributed by atoms with Crippen LogP contribution in [0, 0.1) is 10.1 Å². The molecule has 1 N–H and O–H groups in total. The number of benzene rings is 2. The fourth-order valence-corrected chi connectivity index (χ4v) is 2.54. The molecule has 0 aromatic heterocycles. The molecule has 0 aliphatic rings. The lowest BCUT2D eigenvalue weighted by molar-refractivity contribution is -0.384. The zero-order chi connectivity index (χ0) is 15.6. The van der Waals surface area contributed by atoms with E-state index in [1.807, 2.05) is 0 Å². The lowest BCUT2D eigenvalue weighted by Gasteiger charge is -2.09. The third-order valence-corrected chi connectivity index (χ3v) is 4.10. The van der Waals surface area contributed by atoms with Crippen LogP contribution in [0.4, 0.5) is 11.4 Å². The van der Waals surface area contributed by atoms with Crippen molar-refractivity contribution < 1.29 is 9.72 Å². The highest BCUT2D eigenvalue weighted by atomic mass is 79.9. The monoisotopic (exact) mass is 432 g/mol. The summed E-state index contributed by atoms with van der Waals surface area (Å²) < 4.78 is 1.21. The van der Waals surface area contributed by atoms with Crippen molar-refractivity contribution in [1.29, 1.82) is 0 Å². The summed E-state index contributed by atoms with van der Waals surface area (Å²) in [5.74, 6) is -0.495. The van der Waals surface area contributed by atoms with Crippen molar-refractivity contribution in [1.82, 2.24) is 0 Å². The number of halogens is 3. The molecule has 0 saturated heterocycles. The Morgan fingerprint density at radius 2 is 1.90 bits per heavy atom. The van der Waals surface area contributed by atoms with Crippen molar-refractivity contribution in [2.75, 3.05) is 5.32 Å². The average Bonchev–Trinajstić information content (AvgIpc) is 2.43. The van der Waals surface area contributed by atoms with Crippen LogP contribution in [-0.4, -0.2) is 10.8 Å². The van der Waals surface area contributed by atoms with Gasteiger partial charge in [-0.2, -0.15) is 0 Å². The van der Waals surface area contributed by atoms with Gasteiger partial charge in [0.25, 0.3) is 11.6 Å². The highest BCUT2D eigenvalue weighted by Gasteiger charge is 2.16. The normalized spacial score (nSPS) is 10.2. The Hall–Kier alpha value is -1.44. The Morgan fingerprint density at radius 3 is 2.57 bits per heavy atom. The number of non-ortho nitro benzene ring substituents is 1. The SMILES string of the molecule is O=C(Nc1cc(Br)ccc1Cl)c1cc([N+](=O)[O-])ccc1Br. The Morgan fingerprint density at radius 1 is 1.19 bits per heavy atom. The summed E-state index contributed by atoms with van der Waals surface area (Å²) in [6.07, 6.45) is 0. The van der Waals surface area contributed by atoms with Gasteiger partial charge in [-0.1, -0.05) is 27.5 Å². The second kappa shape index (κ2) is 6.55. The topological polar surface area (TPSA) is 72.2 Å². The predicted octanol–water partition coefficient (Wildman–Crippen LogP) is 5.03. The van der Waals surface area contributed by atoms with Crippen molar-refractivity contribution in [2.45, 2.75) is 0 Å². The van der Waals surface area contributed by atoms with E-state index < -0.39 is 10.8 Å². The molecule has 0 radical (unpaired) electrons. The minimum Gasteiger partial charge on any atom is -0.321 e. The van der Waals surface area contributed by atoms with E-state index >= 15 is 0 Å². The van der Waals surface area contributed by atoms with Gasteiger partial charge in [0.1, 0.15) is 0 Å². The first kappa shape index (κ1) is 15.9. The number of nitrogens with zero attached hydrogens (tertiary/aromatic N) is 1. The van der Waals surface area contributed by atoms with Crippen LogP contribution in [0.2, 0.25) is 5.02 Å². The maximum absolute atomic E-state index is 12.2. The number of anilines is 1. The molecule has 0 bridgehead atoms. The number of amides is 1. The minimum atomic E-state index is -0.560. The molecular formula is C13H7Br2ClN2O3. The molecule has 108 valence electrons. The van der Waals surface area contributed by atoms with E-state index in [9.17, 15) is 14.9 Å². The first-order valence-electron chi connectivity index (χ1n) is 5.59.